The molecule has 1 aromatic carbocycles. The fourth-order valence-corrected chi connectivity index (χ4v) is 2.88. The molecule has 2 nitrogen and oxygen atoms in total. The van der Waals surface area contributed by atoms with Crippen molar-refractivity contribution >= 4 is 11.8 Å². The number of rotatable bonds is 4. The van der Waals surface area contributed by atoms with Crippen molar-refractivity contribution in [2.45, 2.75) is 25.6 Å². The van der Waals surface area contributed by atoms with Crippen LogP contribution in [0.15, 0.2) is 24.3 Å². The molecule has 88 valence electrons. The van der Waals surface area contributed by atoms with E-state index in [-0.39, 0.29) is 0 Å². The highest BCUT2D eigenvalue weighted by molar-refractivity contribution is 7.98. The van der Waals surface area contributed by atoms with Crippen LogP contribution in [0.2, 0.25) is 0 Å². The summed E-state index contributed by atoms with van der Waals surface area (Å²) in [5.74, 6) is 2.78. The topological polar surface area (TPSA) is 21.3 Å². The van der Waals surface area contributed by atoms with Gasteiger partial charge in [0, 0.05) is 11.5 Å². The Labute approximate surface area is 102 Å². The quantitative estimate of drug-likeness (QED) is 0.813. The second-order valence-electron chi connectivity index (χ2n) is 4.59. The van der Waals surface area contributed by atoms with Gasteiger partial charge in [-0.25, -0.2) is 0 Å². The molecule has 0 fully saturated rings. The van der Waals surface area contributed by atoms with Crippen LogP contribution in [-0.2, 0) is 10.6 Å². The van der Waals surface area contributed by atoms with Crippen LogP contribution in [-0.4, -0.2) is 12.4 Å². The molecular weight excluding hydrogens is 218 g/mol. The zero-order valence-electron chi connectivity index (χ0n) is 9.90. The van der Waals surface area contributed by atoms with Crippen molar-refractivity contribution in [2.24, 2.45) is 5.92 Å². The summed E-state index contributed by atoms with van der Waals surface area (Å²) in [7, 11) is 0. The van der Waals surface area contributed by atoms with Crippen molar-refractivity contribution in [1.29, 1.82) is 0 Å². The molecular formula is C13H19NOS. The first-order chi connectivity index (χ1) is 7.77. The summed E-state index contributed by atoms with van der Waals surface area (Å²) in [5.41, 5.74) is 6.02. The second-order valence-corrected chi connectivity index (χ2v) is 5.62. The third-order valence-electron chi connectivity index (χ3n) is 2.61. The van der Waals surface area contributed by atoms with E-state index < -0.39 is 0 Å². The van der Waals surface area contributed by atoms with Gasteiger partial charge >= 0.3 is 0 Å². The van der Waals surface area contributed by atoms with Gasteiger partial charge in [0.2, 0.25) is 0 Å². The lowest BCUT2D eigenvalue weighted by molar-refractivity contribution is 0.00472. The lowest BCUT2D eigenvalue weighted by Crippen LogP contribution is -2.28. The van der Waals surface area contributed by atoms with Crippen LogP contribution < -0.4 is 5.48 Å². The van der Waals surface area contributed by atoms with Crippen LogP contribution in [0.25, 0.3) is 0 Å². The number of benzene rings is 1. The van der Waals surface area contributed by atoms with Crippen molar-refractivity contribution in [3.63, 3.8) is 0 Å². The van der Waals surface area contributed by atoms with E-state index in [1.807, 2.05) is 11.8 Å². The highest BCUT2D eigenvalue weighted by atomic mass is 32.2. The summed E-state index contributed by atoms with van der Waals surface area (Å²) in [5, 5.41) is 0. The van der Waals surface area contributed by atoms with E-state index in [1.165, 1.54) is 11.1 Å². The van der Waals surface area contributed by atoms with Crippen molar-refractivity contribution in [3.05, 3.63) is 35.4 Å². The maximum atomic E-state index is 5.53. The van der Waals surface area contributed by atoms with Gasteiger partial charge in [-0.2, -0.15) is 17.2 Å². The lowest BCUT2D eigenvalue weighted by atomic mass is 10.0. The molecule has 1 unspecified atom stereocenters. The number of nitrogens with one attached hydrogen (secondary N) is 1. The predicted molar refractivity (Wildman–Crippen MR) is 69.3 cm³/mol. The van der Waals surface area contributed by atoms with Crippen LogP contribution >= 0.6 is 11.8 Å². The third-order valence-corrected chi connectivity index (χ3v) is 3.70. The fourth-order valence-electron chi connectivity index (χ4n) is 1.79. The molecule has 1 aliphatic rings. The monoisotopic (exact) mass is 237 g/mol. The Hall–Kier alpha value is -0.510. The molecule has 1 N–H and O–H groups in total. The average Bonchev–Trinajstić information content (AvgIpc) is 2.29. The van der Waals surface area contributed by atoms with Gasteiger partial charge in [0.1, 0.15) is 0 Å². The Kier molecular flexibility index (Phi) is 4.27. The smallest absolute Gasteiger partial charge is 0.0705 e. The van der Waals surface area contributed by atoms with Gasteiger partial charge in [-0.05, 0) is 17.0 Å². The second kappa shape index (κ2) is 5.71. The molecule has 0 saturated heterocycles. The molecule has 1 aliphatic heterocycles. The summed E-state index contributed by atoms with van der Waals surface area (Å²) in [6.45, 7) is 5.08. The van der Waals surface area contributed by atoms with E-state index in [2.05, 4.69) is 43.6 Å². The molecule has 0 aromatic heterocycles. The number of fused-ring (bicyclic) bond motifs is 1. The zero-order chi connectivity index (χ0) is 11.4. The van der Waals surface area contributed by atoms with Gasteiger partial charge in [0.15, 0.2) is 0 Å². The first kappa shape index (κ1) is 12.0. The molecule has 0 saturated carbocycles. The average molecular weight is 237 g/mol. The lowest BCUT2D eigenvalue weighted by Gasteiger charge is -2.25. The molecule has 1 aromatic rings. The summed E-state index contributed by atoms with van der Waals surface area (Å²) in [6.07, 6.45) is 0. The number of hydroxylamine groups is 1. The molecule has 3 heteroatoms. The highest BCUT2D eigenvalue weighted by Gasteiger charge is 2.19. The summed E-state index contributed by atoms with van der Waals surface area (Å²) < 4.78 is 0. The van der Waals surface area contributed by atoms with E-state index in [9.17, 15) is 0 Å². The number of hydrogen-bond acceptors (Lipinski definition) is 3. The van der Waals surface area contributed by atoms with Crippen LogP contribution in [0.3, 0.4) is 0 Å². The maximum absolute atomic E-state index is 5.53. The van der Waals surface area contributed by atoms with E-state index in [4.69, 9.17) is 4.84 Å². The first-order valence-corrected chi connectivity index (χ1v) is 6.95. The van der Waals surface area contributed by atoms with Gasteiger partial charge in [0.05, 0.1) is 12.6 Å². The Morgan fingerprint density at radius 1 is 1.44 bits per heavy atom. The van der Waals surface area contributed by atoms with Crippen molar-refractivity contribution in [1.82, 2.24) is 5.48 Å². The van der Waals surface area contributed by atoms with Gasteiger partial charge in [-0.3, -0.25) is 0 Å². The molecule has 0 radical (unpaired) electrons. The zero-order valence-corrected chi connectivity index (χ0v) is 10.7. The summed E-state index contributed by atoms with van der Waals surface area (Å²) in [4.78, 5) is 5.53. The summed E-state index contributed by atoms with van der Waals surface area (Å²) >= 11 is 1.96. The molecule has 0 aliphatic carbocycles. The number of hydrogen-bond donors (Lipinski definition) is 1. The molecule has 0 spiro atoms. The molecule has 0 bridgehead atoms. The van der Waals surface area contributed by atoms with Crippen LogP contribution in [0.1, 0.15) is 31.0 Å². The normalized spacial score (nSPS) is 19.8. The van der Waals surface area contributed by atoms with Crippen molar-refractivity contribution in [3.8, 4) is 0 Å². The van der Waals surface area contributed by atoms with Crippen LogP contribution in [0.4, 0.5) is 0 Å². The first-order valence-electron chi connectivity index (χ1n) is 5.80. The maximum Gasteiger partial charge on any atom is 0.0705 e. The van der Waals surface area contributed by atoms with Crippen LogP contribution in [0, 0.1) is 5.92 Å². The largest absolute Gasteiger partial charge is 0.301 e. The predicted octanol–water partition coefficient (Wildman–Crippen LogP) is 3.15. The minimum absolute atomic E-state index is 0.341. The van der Waals surface area contributed by atoms with E-state index in [0.717, 1.165) is 18.1 Å². The number of thioether (sulfide) groups is 1. The Morgan fingerprint density at radius 3 is 3.06 bits per heavy atom. The highest BCUT2D eigenvalue weighted by Crippen LogP contribution is 2.31. The minimum atomic E-state index is 0.341. The van der Waals surface area contributed by atoms with Gasteiger partial charge < -0.3 is 4.84 Å². The molecule has 2 rings (SSSR count). The molecule has 16 heavy (non-hydrogen) atoms. The standard InChI is InChI=1S/C13H19NOS/c1-10(2)7-15-14-13-9-16-8-11-5-3-4-6-12(11)13/h3-6,10,13-14H,7-9H2,1-2H3. The minimum Gasteiger partial charge on any atom is -0.301 e. The summed E-state index contributed by atoms with van der Waals surface area (Å²) in [6, 6.07) is 8.96. The molecule has 1 atom stereocenters. The van der Waals surface area contributed by atoms with Gasteiger partial charge in [-0.1, -0.05) is 38.1 Å². The van der Waals surface area contributed by atoms with E-state index >= 15 is 0 Å². The van der Waals surface area contributed by atoms with Crippen molar-refractivity contribution < 1.29 is 4.84 Å². The van der Waals surface area contributed by atoms with Gasteiger partial charge in [0.25, 0.3) is 0 Å². The Bertz CT molecular complexity index is 340. The van der Waals surface area contributed by atoms with Crippen LogP contribution in [0.5, 0.6) is 0 Å². The molecule has 0 amide bonds. The molecule has 1 heterocycles. The third kappa shape index (κ3) is 3.00. The van der Waals surface area contributed by atoms with E-state index in [0.29, 0.717) is 12.0 Å². The SMILES string of the molecule is CC(C)CONC1CSCc2ccccc21. The van der Waals surface area contributed by atoms with Crippen molar-refractivity contribution in [2.75, 3.05) is 12.4 Å². The fraction of sp³-hybridized carbons (Fsp3) is 0.538. The van der Waals surface area contributed by atoms with E-state index in [1.54, 1.807) is 0 Å². The van der Waals surface area contributed by atoms with Gasteiger partial charge in [-0.15, -0.1) is 0 Å². The Morgan fingerprint density at radius 2 is 2.25 bits per heavy atom. The Balaban J connectivity index is 1.96.